The highest BCUT2D eigenvalue weighted by atomic mass is 16.5. The maximum absolute atomic E-state index is 9.35. The van der Waals surface area contributed by atoms with E-state index in [1.165, 1.54) is 32.1 Å². The van der Waals surface area contributed by atoms with Gasteiger partial charge < -0.3 is 15.2 Å². The molecule has 0 radical (unpaired) electrons. The molecule has 0 aliphatic rings. The topological polar surface area (TPSA) is 41.5 Å². The van der Waals surface area contributed by atoms with Crippen LogP contribution in [0.4, 0.5) is 5.69 Å². The molecule has 0 fully saturated rings. The lowest BCUT2D eigenvalue weighted by molar-refractivity contribution is 0.128. The SMILES string of the molecule is CCCCNc1ccccc1O.CCCCOCCCC. The molecule has 1 aromatic rings. The summed E-state index contributed by atoms with van der Waals surface area (Å²) >= 11 is 0. The van der Waals surface area contributed by atoms with Crippen molar-refractivity contribution in [1.29, 1.82) is 0 Å². The van der Waals surface area contributed by atoms with Gasteiger partial charge >= 0.3 is 0 Å². The molecular formula is C18H33NO2. The van der Waals surface area contributed by atoms with E-state index in [1.807, 2.05) is 18.2 Å². The summed E-state index contributed by atoms with van der Waals surface area (Å²) in [4.78, 5) is 0. The Hall–Kier alpha value is -1.22. The van der Waals surface area contributed by atoms with Crippen LogP contribution >= 0.6 is 0 Å². The lowest BCUT2D eigenvalue weighted by atomic mass is 10.3. The van der Waals surface area contributed by atoms with E-state index < -0.39 is 0 Å². The maximum Gasteiger partial charge on any atom is 0.138 e. The average molecular weight is 295 g/mol. The van der Waals surface area contributed by atoms with Gasteiger partial charge in [0.2, 0.25) is 0 Å². The number of unbranched alkanes of at least 4 members (excludes halogenated alkanes) is 3. The van der Waals surface area contributed by atoms with Gasteiger partial charge in [-0.3, -0.25) is 0 Å². The quantitative estimate of drug-likeness (QED) is 0.460. The van der Waals surface area contributed by atoms with E-state index >= 15 is 0 Å². The molecule has 3 heteroatoms. The van der Waals surface area contributed by atoms with Gasteiger partial charge in [-0.2, -0.15) is 0 Å². The Morgan fingerprint density at radius 3 is 2.00 bits per heavy atom. The van der Waals surface area contributed by atoms with Crippen LogP contribution in [0.15, 0.2) is 24.3 Å². The van der Waals surface area contributed by atoms with Crippen molar-refractivity contribution in [2.24, 2.45) is 0 Å². The van der Waals surface area contributed by atoms with Crippen molar-refractivity contribution in [1.82, 2.24) is 0 Å². The minimum Gasteiger partial charge on any atom is -0.506 e. The fourth-order valence-corrected chi connectivity index (χ4v) is 1.62. The molecule has 0 aliphatic heterocycles. The van der Waals surface area contributed by atoms with Crippen LogP contribution in [-0.2, 0) is 4.74 Å². The van der Waals surface area contributed by atoms with Crippen molar-refractivity contribution in [2.75, 3.05) is 25.1 Å². The molecule has 0 bridgehead atoms. The van der Waals surface area contributed by atoms with Gasteiger partial charge in [0, 0.05) is 19.8 Å². The maximum atomic E-state index is 9.35. The first-order chi connectivity index (χ1) is 10.3. The number of anilines is 1. The molecule has 0 unspecified atom stereocenters. The van der Waals surface area contributed by atoms with Gasteiger partial charge in [0.05, 0.1) is 5.69 Å². The second-order valence-corrected chi connectivity index (χ2v) is 5.12. The fourth-order valence-electron chi connectivity index (χ4n) is 1.62. The highest BCUT2D eigenvalue weighted by Gasteiger charge is 1.95. The number of benzene rings is 1. The summed E-state index contributed by atoms with van der Waals surface area (Å²) in [6.45, 7) is 9.35. The van der Waals surface area contributed by atoms with Gasteiger partial charge in [-0.1, -0.05) is 52.2 Å². The first-order valence-electron chi connectivity index (χ1n) is 8.35. The zero-order chi connectivity index (χ0) is 15.8. The number of hydrogen-bond acceptors (Lipinski definition) is 3. The van der Waals surface area contributed by atoms with Gasteiger partial charge in [0.15, 0.2) is 0 Å². The molecule has 0 aromatic heterocycles. The van der Waals surface area contributed by atoms with E-state index in [2.05, 4.69) is 26.1 Å². The molecule has 0 saturated carbocycles. The van der Waals surface area contributed by atoms with Crippen molar-refractivity contribution >= 4 is 5.69 Å². The van der Waals surface area contributed by atoms with Gasteiger partial charge in [0.25, 0.3) is 0 Å². The molecule has 0 saturated heterocycles. The minimum atomic E-state index is 0.327. The molecule has 0 amide bonds. The Bertz CT molecular complexity index is 323. The number of ether oxygens (including phenoxy) is 1. The van der Waals surface area contributed by atoms with Crippen molar-refractivity contribution < 1.29 is 9.84 Å². The number of phenolic OH excluding ortho intramolecular Hbond substituents is 1. The first kappa shape index (κ1) is 19.8. The molecule has 1 rings (SSSR count). The Morgan fingerprint density at radius 2 is 1.48 bits per heavy atom. The molecular weight excluding hydrogens is 262 g/mol. The minimum absolute atomic E-state index is 0.327. The van der Waals surface area contributed by atoms with E-state index in [9.17, 15) is 5.11 Å². The molecule has 1 aromatic carbocycles. The Morgan fingerprint density at radius 1 is 0.905 bits per heavy atom. The summed E-state index contributed by atoms with van der Waals surface area (Å²) in [6, 6.07) is 7.30. The number of rotatable bonds is 10. The molecule has 3 nitrogen and oxygen atoms in total. The lowest BCUT2D eigenvalue weighted by Crippen LogP contribution is -2.00. The molecule has 0 heterocycles. The summed E-state index contributed by atoms with van der Waals surface area (Å²) in [5.74, 6) is 0.327. The predicted molar refractivity (Wildman–Crippen MR) is 92.1 cm³/mol. The van der Waals surface area contributed by atoms with Gasteiger partial charge in [-0.15, -0.1) is 0 Å². The zero-order valence-corrected chi connectivity index (χ0v) is 14.0. The van der Waals surface area contributed by atoms with Crippen molar-refractivity contribution in [3.63, 3.8) is 0 Å². The van der Waals surface area contributed by atoms with Crippen LogP contribution in [0.1, 0.15) is 59.3 Å². The zero-order valence-electron chi connectivity index (χ0n) is 14.0. The number of para-hydroxylation sites is 2. The van der Waals surface area contributed by atoms with E-state index in [0.717, 1.165) is 31.9 Å². The summed E-state index contributed by atoms with van der Waals surface area (Å²) in [6.07, 6.45) is 7.21. The second-order valence-electron chi connectivity index (χ2n) is 5.12. The number of nitrogens with one attached hydrogen (secondary N) is 1. The number of aromatic hydroxyl groups is 1. The lowest BCUT2D eigenvalue weighted by Gasteiger charge is -2.06. The third-order valence-corrected chi connectivity index (χ3v) is 3.03. The summed E-state index contributed by atoms with van der Waals surface area (Å²) in [5.41, 5.74) is 0.825. The Balaban J connectivity index is 0.000000400. The van der Waals surface area contributed by atoms with E-state index in [0.29, 0.717) is 5.75 Å². The third-order valence-electron chi connectivity index (χ3n) is 3.03. The highest BCUT2D eigenvalue weighted by molar-refractivity contribution is 5.54. The molecule has 122 valence electrons. The summed E-state index contributed by atoms with van der Waals surface area (Å²) in [7, 11) is 0. The average Bonchev–Trinajstić information content (AvgIpc) is 2.50. The number of phenols is 1. The summed E-state index contributed by atoms with van der Waals surface area (Å²) in [5, 5.41) is 12.5. The van der Waals surface area contributed by atoms with Gasteiger partial charge in [-0.05, 0) is 31.4 Å². The third kappa shape index (κ3) is 12.2. The molecule has 0 spiro atoms. The summed E-state index contributed by atoms with van der Waals surface area (Å²) < 4.78 is 5.31. The first-order valence-corrected chi connectivity index (χ1v) is 8.35. The van der Waals surface area contributed by atoms with Crippen molar-refractivity contribution in [3.05, 3.63) is 24.3 Å². The van der Waals surface area contributed by atoms with Crippen LogP contribution in [0.5, 0.6) is 5.75 Å². The van der Waals surface area contributed by atoms with Gasteiger partial charge in [0.1, 0.15) is 5.75 Å². The molecule has 0 aliphatic carbocycles. The van der Waals surface area contributed by atoms with Crippen molar-refractivity contribution in [2.45, 2.75) is 59.3 Å². The van der Waals surface area contributed by atoms with Gasteiger partial charge in [-0.25, -0.2) is 0 Å². The standard InChI is InChI=1S/C10H15NO.C8H18O/c1-2-3-8-11-9-6-4-5-7-10(9)12;1-3-5-7-9-8-6-4-2/h4-7,11-12H,2-3,8H2,1H3;3-8H2,1-2H3. The van der Waals surface area contributed by atoms with E-state index in [1.54, 1.807) is 6.07 Å². The fraction of sp³-hybridized carbons (Fsp3) is 0.667. The Kier molecular flexibility index (Phi) is 14.3. The smallest absolute Gasteiger partial charge is 0.138 e. The highest BCUT2D eigenvalue weighted by Crippen LogP contribution is 2.21. The van der Waals surface area contributed by atoms with Crippen LogP contribution in [0.3, 0.4) is 0 Å². The van der Waals surface area contributed by atoms with Crippen LogP contribution in [-0.4, -0.2) is 24.9 Å². The van der Waals surface area contributed by atoms with E-state index in [4.69, 9.17) is 4.74 Å². The Labute approximate surface area is 130 Å². The number of hydrogen-bond donors (Lipinski definition) is 2. The molecule has 0 atom stereocenters. The second kappa shape index (κ2) is 15.2. The van der Waals surface area contributed by atoms with Crippen LogP contribution in [0.2, 0.25) is 0 Å². The van der Waals surface area contributed by atoms with Crippen LogP contribution < -0.4 is 5.32 Å². The van der Waals surface area contributed by atoms with Crippen LogP contribution in [0.25, 0.3) is 0 Å². The van der Waals surface area contributed by atoms with Crippen LogP contribution in [0, 0.1) is 0 Å². The van der Waals surface area contributed by atoms with Crippen molar-refractivity contribution in [3.8, 4) is 5.75 Å². The normalized spacial score (nSPS) is 9.86. The largest absolute Gasteiger partial charge is 0.506 e. The predicted octanol–water partition coefficient (Wildman–Crippen LogP) is 5.21. The monoisotopic (exact) mass is 295 g/mol. The van der Waals surface area contributed by atoms with E-state index in [-0.39, 0.29) is 0 Å². The molecule has 2 N–H and O–H groups in total. The molecule has 21 heavy (non-hydrogen) atoms.